The number of unbranched alkanes of at least 4 members (excludes halogenated alkanes) is 16. The molecule has 0 heterocycles. The first kappa shape index (κ1) is 41.9. The van der Waals surface area contributed by atoms with Crippen molar-refractivity contribution in [2.45, 2.75) is 193 Å². The van der Waals surface area contributed by atoms with Crippen LogP contribution < -0.4 is 0 Å². The Morgan fingerprint density at radius 2 is 0.886 bits per heavy atom. The second-order valence-corrected chi connectivity index (χ2v) is 12.4. The molecule has 0 aliphatic carbocycles. The van der Waals surface area contributed by atoms with Crippen LogP contribution in [0.3, 0.4) is 0 Å². The Kier molecular flexibility index (Phi) is 33.7. The molecule has 1 unspecified atom stereocenters. The van der Waals surface area contributed by atoms with E-state index in [9.17, 15) is 9.59 Å². The highest BCUT2D eigenvalue weighted by Crippen LogP contribution is 2.18. The molecule has 0 aromatic heterocycles. The van der Waals surface area contributed by atoms with E-state index in [4.69, 9.17) is 9.84 Å². The van der Waals surface area contributed by atoms with Gasteiger partial charge in [-0.2, -0.15) is 0 Å². The molecule has 0 bridgehead atoms. The van der Waals surface area contributed by atoms with Crippen LogP contribution in [0.4, 0.5) is 0 Å². The summed E-state index contributed by atoms with van der Waals surface area (Å²) in [5.41, 5.74) is 0. The zero-order chi connectivity index (χ0) is 32.2. The Labute approximate surface area is 272 Å². The minimum absolute atomic E-state index is 0.00829. The SMILES string of the molecule is CCCCC/C=C\C/C=C\C/C=C\C/C=C\CCCCCCCC(=O)OC(CCCCC)CCCCCCCCCC(=O)O. The number of ether oxygens (including phenoxy) is 1. The van der Waals surface area contributed by atoms with E-state index < -0.39 is 5.97 Å². The molecular formula is C40H70O4. The van der Waals surface area contributed by atoms with Crippen LogP contribution in [0.15, 0.2) is 48.6 Å². The van der Waals surface area contributed by atoms with Gasteiger partial charge in [0.25, 0.3) is 0 Å². The predicted octanol–water partition coefficient (Wildman–Crippen LogP) is 12.8. The molecule has 0 aliphatic heterocycles. The molecule has 1 N–H and O–H groups in total. The monoisotopic (exact) mass is 615 g/mol. The smallest absolute Gasteiger partial charge is 0.306 e. The molecule has 4 heteroatoms. The zero-order valence-corrected chi connectivity index (χ0v) is 29.0. The average Bonchev–Trinajstić information content (AvgIpc) is 3.00. The number of esters is 1. The maximum absolute atomic E-state index is 12.5. The summed E-state index contributed by atoms with van der Waals surface area (Å²) in [6.07, 6.45) is 47.2. The standard InChI is InChI=1S/C40H70O4/c1-3-5-7-8-9-10-11-12-13-14-15-16-17-18-19-20-21-22-26-29-33-37-40(43)44-38(34-30-6-4-2)35-31-27-24-23-25-28-32-36-39(41)42/h9-10,12-13,15-16,18-19,38H,3-8,11,14,17,20-37H2,1-2H3,(H,41,42)/b10-9-,13-12-,16-15-,19-18-. The van der Waals surface area contributed by atoms with Gasteiger partial charge in [0.05, 0.1) is 0 Å². The van der Waals surface area contributed by atoms with Gasteiger partial charge >= 0.3 is 11.9 Å². The summed E-state index contributed by atoms with van der Waals surface area (Å²) in [6, 6.07) is 0. The molecule has 0 saturated carbocycles. The fourth-order valence-corrected chi connectivity index (χ4v) is 5.28. The normalized spacial score (nSPS) is 12.8. The number of carboxylic acid groups (broad SMARTS) is 1. The van der Waals surface area contributed by atoms with Gasteiger partial charge in [0, 0.05) is 12.8 Å². The van der Waals surface area contributed by atoms with Crippen molar-refractivity contribution in [2.24, 2.45) is 0 Å². The van der Waals surface area contributed by atoms with Crippen LogP contribution in [0, 0.1) is 0 Å². The largest absolute Gasteiger partial charge is 0.481 e. The molecule has 0 saturated heterocycles. The second-order valence-electron chi connectivity index (χ2n) is 12.4. The number of allylic oxidation sites excluding steroid dienone is 8. The van der Waals surface area contributed by atoms with Crippen LogP contribution in [0.5, 0.6) is 0 Å². The lowest BCUT2D eigenvalue weighted by Crippen LogP contribution is -2.18. The van der Waals surface area contributed by atoms with Crippen LogP contribution in [0.2, 0.25) is 0 Å². The summed E-state index contributed by atoms with van der Waals surface area (Å²) in [6.45, 7) is 4.46. The van der Waals surface area contributed by atoms with Crippen LogP contribution in [-0.2, 0) is 14.3 Å². The number of hydrogen-bond acceptors (Lipinski definition) is 3. The first-order valence-corrected chi connectivity index (χ1v) is 18.6. The molecule has 0 aromatic rings. The highest BCUT2D eigenvalue weighted by molar-refractivity contribution is 5.69. The first-order chi connectivity index (χ1) is 21.6. The van der Waals surface area contributed by atoms with E-state index in [1.54, 1.807) is 0 Å². The quantitative estimate of drug-likeness (QED) is 0.0454. The van der Waals surface area contributed by atoms with Crippen molar-refractivity contribution in [3.63, 3.8) is 0 Å². The maximum atomic E-state index is 12.5. The van der Waals surface area contributed by atoms with E-state index >= 15 is 0 Å². The molecule has 1 atom stereocenters. The molecule has 0 aromatic carbocycles. The molecule has 0 fully saturated rings. The molecule has 44 heavy (non-hydrogen) atoms. The maximum Gasteiger partial charge on any atom is 0.306 e. The summed E-state index contributed by atoms with van der Waals surface area (Å²) < 4.78 is 5.91. The number of carbonyl (C=O) groups excluding carboxylic acids is 1. The number of aliphatic carboxylic acids is 1. The topological polar surface area (TPSA) is 63.6 Å². The Balaban J connectivity index is 3.78. The third-order valence-electron chi connectivity index (χ3n) is 8.05. The van der Waals surface area contributed by atoms with E-state index in [1.165, 1.54) is 77.0 Å². The van der Waals surface area contributed by atoms with Gasteiger partial charge in [-0.05, 0) is 83.5 Å². The molecule has 0 spiro atoms. The summed E-state index contributed by atoms with van der Waals surface area (Å²) in [5.74, 6) is -0.700. The van der Waals surface area contributed by atoms with Crippen LogP contribution in [0.1, 0.15) is 187 Å². The third kappa shape index (κ3) is 34.4. The number of rotatable bonds is 33. The summed E-state index contributed by atoms with van der Waals surface area (Å²) in [5, 5.41) is 8.71. The van der Waals surface area contributed by atoms with Crippen LogP contribution in [-0.4, -0.2) is 23.1 Å². The molecule has 4 nitrogen and oxygen atoms in total. The molecular weight excluding hydrogens is 544 g/mol. The minimum Gasteiger partial charge on any atom is -0.481 e. The van der Waals surface area contributed by atoms with Gasteiger partial charge in [0.2, 0.25) is 0 Å². The molecule has 0 radical (unpaired) electrons. The van der Waals surface area contributed by atoms with E-state index in [0.29, 0.717) is 6.42 Å². The van der Waals surface area contributed by atoms with Crippen molar-refractivity contribution in [3.05, 3.63) is 48.6 Å². The fourth-order valence-electron chi connectivity index (χ4n) is 5.28. The molecule has 0 amide bonds. The molecule has 0 aliphatic rings. The van der Waals surface area contributed by atoms with Gasteiger partial charge in [-0.15, -0.1) is 0 Å². The van der Waals surface area contributed by atoms with Crippen molar-refractivity contribution in [1.82, 2.24) is 0 Å². The van der Waals surface area contributed by atoms with Crippen LogP contribution >= 0.6 is 0 Å². The van der Waals surface area contributed by atoms with Crippen molar-refractivity contribution in [1.29, 1.82) is 0 Å². The number of hydrogen-bond donors (Lipinski definition) is 1. The lowest BCUT2D eigenvalue weighted by Gasteiger charge is -2.18. The highest BCUT2D eigenvalue weighted by atomic mass is 16.5. The predicted molar refractivity (Wildman–Crippen MR) is 190 cm³/mol. The highest BCUT2D eigenvalue weighted by Gasteiger charge is 2.14. The lowest BCUT2D eigenvalue weighted by molar-refractivity contribution is -0.150. The third-order valence-corrected chi connectivity index (χ3v) is 8.05. The lowest BCUT2D eigenvalue weighted by atomic mass is 10.0. The average molecular weight is 615 g/mol. The van der Waals surface area contributed by atoms with Crippen molar-refractivity contribution in [2.75, 3.05) is 0 Å². The summed E-state index contributed by atoms with van der Waals surface area (Å²) in [7, 11) is 0. The summed E-state index contributed by atoms with van der Waals surface area (Å²) >= 11 is 0. The first-order valence-electron chi connectivity index (χ1n) is 18.6. The van der Waals surface area contributed by atoms with Gasteiger partial charge in [-0.1, -0.05) is 140 Å². The molecule has 254 valence electrons. The van der Waals surface area contributed by atoms with E-state index in [-0.39, 0.29) is 18.5 Å². The minimum atomic E-state index is -0.692. The van der Waals surface area contributed by atoms with Crippen molar-refractivity contribution >= 4 is 11.9 Å². The Morgan fingerprint density at radius 1 is 0.500 bits per heavy atom. The van der Waals surface area contributed by atoms with E-state index in [1.807, 2.05) is 0 Å². The fraction of sp³-hybridized carbons (Fsp3) is 0.750. The number of carboxylic acids is 1. The van der Waals surface area contributed by atoms with Crippen molar-refractivity contribution < 1.29 is 19.4 Å². The Bertz CT molecular complexity index is 748. The summed E-state index contributed by atoms with van der Waals surface area (Å²) in [4.78, 5) is 23.1. The number of carbonyl (C=O) groups is 2. The second kappa shape index (κ2) is 35.4. The van der Waals surface area contributed by atoms with E-state index in [0.717, 1.165) is 83.5 Å². The van der Waals surface area contributed by atoms with Gasteiger partial charge in [-0.3, -0.25) is 9.59 Å². The Hall–Kier alpha value is -2.10. The van der Waals surface area contributed by atoms with Gasteiger partial charge in [0.1, 0.15) is 6.10 Å². The van der Waals surface area contributed by atoms with Gasteiger partial charge < -0.3 is 9.84 Å². The zero-order valence-electron chi connectivity index (χ0n) is 29.0. The van der Waals surface area contributed by atoms with Crippen LogP contribution in [0.25, 0.3) is 0 Å². The van der Waals surface area contributed by atoms with E-state index in [2.05, 4.69) is 62.5 Å². The van der Waals surface area contributed by atoms with Gasteiger partial charge in [-0.25, -0.2) is 0 Å². The molecule has 0 rings (SSSR count). The van der Waals surface area contributed by atoms with Crippen molar-refractivity contribution in [3.8, 4) is 0 Å². The Morgan fingerprint density at radius 3 is 1.41 bits per heavy atom. The van der Waals surface area contributed by atoms with Gasteiger partial charge in [0.15, 0.2) is 0 Å².